The smallest absolute Gasteiger partial charge is 0.241 e. The zero-order valence-electron chi connectivity index (χ0n) is 15.2. The number of fused-ring (bicyclic) bond motifs is 1. The van der Waals surface area contributed by atoms with Crippen molar-refractivity contribution >= 4 is 20.8 Å². The molecule has 0 radical (unpaired) electrons. The van der Waals surface area contributed by atoms with Crippen LogP contribution in [0.2, 0.25) is 0 Å². The lowest BCUT2D eigenvalue weighted by atomic mass is 9.97. The molecule has 28 heavy (non-hydrogen) atoms. The molecule has 142 valence electrons. The minimum Gasteiger partial charge on any atom is -0.508 e. The monoisotopic (exact) mass is 393 g/mol. The van der Waals surface area contributed by atoms with Gasteiger partial charge in [0.05, 0.1) is 11.2 Å². The van der Waals surface area contributed by atoms with E-state index in [9.17, 15) is 13.5 Å². The maximum absolute atomic E-state index is 13.0. The van der Waals surface area contributed by atoms with E-state index < -0.39 is 16.1 Å². The minimum atomic E-state index is -3.86. The molecule has 0 fully saturated rings. The number of aromatic hydroxyl groups is 1. The van der Waals surface area contributed by atoms with Gasteiger partial charge in [-0.25, -0.2) is 8.42 Å². The van der Waals surface area contributed by atoms with Gasteiger partial charge in [0.25, 0.3) is 0 Å². The molecule has 6 heteroatoms. The molecule has 0 aliphatic heterocycles. The van der Waals surface area contributed by atoms with Crippen LogP contribution in [0.1, 0.15) is 22.9 Å². The van der Waals surface area contributed by atoms with Crippen LogP contribution in [-0.2, 0) is 10.0 Å². The van der Waals surface area contributed by atoms with Crippen LogP contribution < -0.4 is 4.72 Å². The summed E-state index contributed by atoms with van der Waals surface area (Å²) >= 11 is 0. The Hall–Kier alpha value is -3.09. The van der Waals surface area contributed by atoms with Gasteiger partial charge in [0.15, 0.2) is 0 Å². The van der Waals surface area contributed by atoms with Crippen molar-refractivity contribution < 1.29 is 17.9 Å². The Balaban J connectivity index is 1.87. The summed E-state index contributed by atoms with van der Waals surface area (Å²) in [5, 5.41) is 12.2. The van der Waals surface area contributed by atoms with Crippen molar-refractivity contribution in [1.29, 1.82) is 0 Å². The first-order chi connectivity index (χ1) is 13.5. The molecule has 1 heterocycles. The summed E-state index contributed by atoms with van der Waals surface area (Å²) in [5.74, 6) is 0.383. The fraction of sp³-hybridized carbons (Fsp3) is 0.0909. The van der Waals surface area contributed by atoms with Crippen LogP contribution in [0, 0.1) is 6.92 Å². The van der Waals surface area contributed by atoms with Crippen molar-refractivity contribution in [2.45, 2.75) is 17.9 Å². The zero-order chi connectivity index (χ0) is 19.7. The van der Waals surface area contributed by atoms with E-state index in [1.165, 1.54) is 6.26 Å². The first kappa shape index (κ1) is 18.3. The fourth-order valence-electron chi connectivity index (χ4n) is 3.24. The quantitative estimate of drug-likeness (QED) is 0.523. The summed E-state index contributed by atoms with van der Waals surface area (Å²) in [6.07, 6.45) is 1.48. The standard InChI is InChI=1S/C22H19NO4S/c1-15-8-11-17(12-9-15)28(25,26)23-22(20-7-4-14-27-20)21-18-6-3-2-5-16(18)10-13-19(21)24/h2-14,22-24H,1H3. The summed E-state index contributed by atoms with van der Waals surface area (Å²) in [7, 11) is -3.86. The third kappa shape index (κ3) is 3.40. The van der Waals surface area contributed by atoms with Gasteiger partial charge < -0.3 is 9.52 Å². The number of benzene rings is 3. The van der Waals surface area contributed by atoms with E-state index in [-0.39, 0.29) is 10.6 Å². The van der Waals surface area contributed by atoms with Crippen molar-refractivity contribution in [2.75, 3.05) is 0 Å². The average Bonchev–Trinajstić information content (AvgIpc) is 3.21. The van der Waals surface area contributed by atoms with Crippen LogP contribution in [0.25, 0.3) is 10.8 Å². The van der Waals surface area contributed by atoms with Gasteiger partial charge in [-0.3, -0.25) is 0 Å². The van der Waals surface area contributed by atoms with Crippen LogP contribution in [0.3, 0.4) is 0 Å². The lowest BCUT2D eigenvalue weighted by Gasteiger charge is -2.20. The van der Waals surface area contributed by atoms with Gasteiger partial charge in [-0.2, -0.15) is 4.72 Å². The molecule has 1 atom stereocenters. The Bertz CT molecular complexity index is 1210. The predicted molar refractivity (Wildman–Crippen MR) is 108 cm³/mol. The summed E-state index contributed by atoms with van der Waals surface area (Å²) in [4.78, 5) is 0.148. The van der Waals surface area contributed by atoms with E-state index >= 15 is 0 Å². The Kier molecular flexibility index (Phi) is 4.66. The van der Waals surface area contributed by atoms with E-state index in [2.05, 4.69) is 4.72 Å². The SMILES string of the molecule is Cc1ccc(S(=O)(=O)NC(c2ccco2)c2c(O)ccc3ccccc23)cc1. The molecule has 3 aromatic carbocycles. The molecule has 0 aliphatic rings. The van der Waals surface area contributed by atoms with E-state index in [0.717, 1.165) is 16.3 Å². The topological polar surface area (TPSA) is 79.5 Å². The molecular formula is C22H19NO4S. The Morgan fingerprint density at radius 3 is 2.39 bits per heavy atom. The van der Waals surface area contributed by atoms with Crippen LogP contribution >= 0.6 is 0 Å². The maximum Gasteiger partial charge on any atom is 0.241 e. The van der Waals surface area contributed by atoms with Crippen molar-refractivity contribution in [3.8, 4) is 5.75 Å². The lowest BCUT2D eigenvalue weighted by molar-refractivity contribution is 0.441. The normalized spacial score (nSPS) is 12.9. The molecule has 2 N–H and O–H groups in total. The molecule has 4 rings (SSSR count). The van der Waals surface area contributed by atoms with Crippen molar-refractivity contribution in [2.24, 2.45) is 0 Å². The Morgan fingerprint density at radius 1 is 0.929 bits per heavy atom. The minimum absolute atomic E-state index is 0.00768. The van der Waals surface area contributed by atoms with Gasteiger partial charge in [-0.05, 0) is 48.0 Å². The second-order valence-electron chi connectivity index (χ2n) is 6.60. The predicted octanol–water partition coefficient (Wildman–Crippen LogP) is 4.51. The second kappa shape index (κ2) is 7.14. The first-order valence-electron chi connectivity index (χ1n) is 8.79. The first-order valence-corrected chi connectivity index (χ1v) is 10.3. The van der Waals surface area contributed by atoms with Gasteiger partial charge in [-0.1, -0.05) is 48.0 Å². The third-order valence-electron chi connectivity index (χ3n) is 4.67. The number of rotatable bonds is 5. The van der Waals surface area contributed by atoms with Gasteiger partial charge in [-0.15, -0.1) is 0 Å². The van der Waals surface area contributed by atoms with Gasteiger partial charge in [0.1, 0.15) is 17.6 Å². The highest BCUT2D eigenvalue weighted by Gasteiger charge is 2.28. The largest absolute Gasteiger partial charge is 0.508 e. The number of aryl methyl sites for hydroxylation is 1. The third-order valence-corrected chi connectivity index (χ3v) is 6.11. The number of phenols is 1. The number of nitrogens with one attached hydrogen (secondary N) is 1. The summed E-state index contributed by atoms with van der Waals surface area (Å²) in [6, 6.07) is 19.9. The Morgan fingerprint density at radius 2 is 1.68 bits per heavy atom. The molecule has 0 aliphatic carbocycles. The number of furan rings is 1. The van der Waals surface area contributed by atoms with Crippen molar-refractivity contribution in [3.05, 3.63) is 95.9 Å². The molecule has 5 nitrogen and oxygen atoms in total. The van der Waals surface area contributed by atoms with Gasteiger partial charge in [0, 0.05) is 5.56 Å². The molecule has 0 amide bonds. The molecule has 1 unspecified atom stereocenters. The van der Waals surface area contributed by atoms with Crippen LogP contribution in [-0.4, -0.2) is 13.5 Å². The molecule has 0 spiro atoms. The molecule has 4 aromatic rings. The molecular weight excluding hydrogens is 374 g/mol. The zero-order valence-corrected chi connectivity index (χ0v) is 16.0. The van der Waals surface area contributed by atoms with Crippen molar-refractivity contribution in [3.63, 3.8) is 0 Å². The number of phenolic OH excluding ortho intramolecular Hbond substituents is 1. The number of sulfonamides is 1. The van der Waals surface area contributed by atoms with E-state index in [4.69, 9.17) is 4.42 Å². The van der Waals surface area contributed by atoms with E-state index in [1.54, 1.807) is 48.5 Å². The van der Waals surface area contributed by atoms with Gasteiger partial charge in [0.2, 0.25) is 10.0 Å². The molecule has 1 aromatic heterocycles. The highest BCUT2D eigenvalue weighted by Crippen LogP contribution is 2.36. The lowest BCUT2D eigenvalue weighted by Crippen LogP contribution is -2.29. The second-order valence-corrected chi connectivity index (χ2v) is 8.32. The van der Waals surface area contributed by atoms with Crippen LogP contribution in [0.15, 0.2) is 88.4 Å². The van der Waals surface area contributed by atoms with Crippen LogP contribution in [0.4, 0.5) is 0 Å². The van der Waals surface area contributed by atoms with E-state index in [1.807, 2.05) is 31.2 Å². The molecule has 0 saturated carbocycles. The van der Waals surface area contributed by atoms with Crippen LogP contribution in [0.5, 0.6) is 5.75 Å². The number of hydrogen-bond acceptors (Lipinski definition) is 4. The van der Waals surface area contributed by atoms with Gasteiger partial charge >= 0.3 is 0 Å². The molecule has 0 saturated heterocycles. The maximum atomic E-state index is 13.0. The highest BCUT2D eigenvalue weighted by atomic mass is 32.2. The fourth-order valence-corrected chi connectivity index (χ4v) is 4.42. The summed E-state index contributed by atoms with van der Waals surface area (Å²) in [5.41, 5.74) is 1.41. The molecule has 0 bridgehead atoms. The number of hydrogen-bond donors (Lipinski definition) is 2. The highest BCUT2D eigenvalue weighted by molar-refractivity contribution is 7.89. The van der Waals surface area contributed by atoms with Crippen molar-refractivity contribution in [1.82, 2.24) is 4.72 Å². The average molecular weight is 393 g/mol. The van der Waals surface area contributed by atoms with E-state index in [0.29, 0.717) is 11.3 Å². The summed E-state index contributed by atoms with van der Waals surface area (Å²) in [6.45, 7) is 1.89. The summed E-state index contributed by atoms with van der Waals surface area (Å²) < 4.78 is 34.3. The Labute approximate surface area is 163 Å².